The average molecular weight is 388 g/mol. The van der Waals surface area contributed by atoms with Gasteiger partial charge in [0.1, 0.15) is 21.9 Å². The molecule has 0 fully saturated rings. The quantitative estimate of drug-likeness (QED) is 0.664. The summed E-state index contributed by atoms with van der Waals surface area (Å²) in [6.07, 6.45) is 5.40. The van der Waals surface area contributed by atoms with Gasteiger partial charge in [-0.05, 0) is 24.8 Å². The number of esters is 1. The normalized spacial score (nSPS) is 13.0. The van der Waals surface area contributed by atoms with Crippen molar-refractivity contribution < 1.29 is 9.53 Å². The van der Waals surface area contributed by atoms with Gasteiger partial charge in [0.2, 0.25) is 0 Å². The Hall–Kier alpha value is -2.48. The minimum atomic E-state index is -0.316. The van der Waals surface area contributed by atoms with Crippen LogP contribution in [0.2, 0.25) is 0 Å². The van der Waals surface area contributed by atoms with E-state index >= 15 is 0 Å². The topological polar surface area (TPSA) is 81.9 Å². The van der Waals surface area contributed by atoms with Crippen LogP contribution in [0, 0.1) is 12.3 Å². The van der Waals surface area contributed by atoms with Crippen molar-refractivity contribution in [1.29, 1.82) is 0 Å². The molecule has 7 nitrogen and oxygen atoms in total. The lowest BCUT2D eigenvalue weighted by atomic mass is 9.83. The van der Waals surface area contributed by atoms with Gasteiger partial charge in [-0.25, -0.2) is 14.8 Å². The first-order valence-electron chi connectivity index (χ1n) is 8.88. The van der Waals surface area contributed by atoms with Crippen molar-refractivity contribution in [2.24, 2.45) is 12.5 Å². The molecule has 0 aliphatic heterocycles. The second-order valence-corrected chi connectivity index (χ2v) is 8.57. The van der Waals surface area contributed by atoms with Crippen LogP contribution < -0.4 is 5.32 Å². The first-order chi connectivity index (χ1) is 12.7. The van der Waals surface area contributed by atoms with Crippen molar-refractivity contribution in [1.82, 2.24) is 19.7 Å². The van der Waals surface area contributed by atoms with E-state index in [1.165, 1.54) is 17.7 Å². The highest BCUT2D eigenvalue weighted by Gasteiger charge is 2.29. The van der Waals surface area contributed by atoms with E-state index in [1.807, 2.05) is 26.4 Å². The van der Waals surface area contributed by atoms with E-state index in [4.69, 9.17) is 4.74 Å². The van der Waals surface area contributed by atoms with Gasteiger partial charge in [0, 0.05) is 18.8 Å². The standard InChI is InChI=1S/C19H25N5O2S/c1-7-26-18(25)14-11(2)13-16(20-10-21-17(13)27-14)23-15(19(3,4)5)12-8-22-24(6)9-12/h8-10,15H,7H2,1-6H3,(H,20,21,23)/t15-/m1/s1. The lowest BCUT2D eigenvalue weighted by Gasteiger charge is -2.31. The summed E-state index contributed by atoms with van der Waals surface area (Å²) in [6, 6.07) is -0.00496. The fourth-order valence-corrected chi connectivity index (χ4v) is 4.14. The Morgan fingerprint density at radius 2 is 2.11 bits per heavy atom. The molecule has 0 aliphatic rings. The Bertz CT molecular complexity index is 970. The predicted molar refractivity (Wildman–Crippen MR) is 107 cm³/mol. The van der Waals surface area contributed by atoms with E-state index in [1.54, 1.807) is 11.6 Å². The summed E-state index contributed by atoms with van der Waals surface area (Å²) >= 11 is 1.34. The number of carbonyl (C=O) groups is 1. The van der Waals surface area contributed by atoms with Crippen molar-refractivity contribution in [3.63, 3.8) is 0 Å². The van der Waals surface area contributed by atoms with Gasteiger partial charge in [-0.2, -0.15) is 5.10 Å². The highest BCUT2D eigenvalue weighted by Crippen LogP contribution is 2.39. The van der Waals surface area contributed by atoms with Crippen molar-refractivity contribution in [3.8, 4) is 0 Å². The molecule has 3 heterocycles. The maximum Gasteiger partial charge on any atom is 0.348 e. The van der Waals surface area contributed by atoms with E-state index in [0.29, 0.717) is 17.3 Å². The molecule has 3 aromatic rings. The number of aromatic nitrogens is 4. The SMILES string of the molecule is CCOC(=O)c1sc2ncnc(N[C@H](c3cnn(C)c3)C(C)(C)C)c2c1C. The summed E-state index contributed by atoms with van der Waals surface area (Å²) in [5.41, 5.74) is 1.85. The third kappa shape index (κ3) is 3.80. The van der Waals surface area contributed by atoms with Crippen LogP contribution in [0.3, 0.4) is 0 Å². The molecule has 3 aromatic heterocycles. The largest absolute Gasteiger partial charge is 0.462 e. The number of nitrogens with zero attached hydrogens (tertiary/aromatic N) is 4. The maximum absolute atomic E-state index is 12.3. The Balaban J connectivity index is 2.06. The van der Waals surface area contributed by atoms with Crippen LogP contribution in [0.1, 0.15) is 54.5 Å². The molecular formula is C19H25N5O2S. The van der Waals surface area contributed by atoms with Gasteiger partial charge in [-0.3, -0.25) is 4.68 Å². The molecule has 3 rings (SSSR count). The number of ether oxygens (including phenoxy) is 1. The molecule has 0 amide bonds. The molecule has 1 N–H and O–H groups in total. The highest BCUT2D eigenvalue weighted by atomic mass is 32.1. The van der Waals surface area contributed by atoms with E-state index in [-0.39, 0.29) is 17.4 Å². The van der Waals surface area contributed by atoms with Crippen LogP contribution >= 0.6 is 11.3 Å². The van der Waals surface area contributed by atoms with Gasteiger partial charge in [-0.15, -0.1) is 11.3 Å². The number of anilines is 1. The van der Waals surface area contributed by atoms with Crippen molar-refractivity contribution in [3.05, 3.63) is 34.7 Å². The Kier molecular flexibility index (Phi) is 5.19. The number of hydrogen-bond acceptors (Lipinski definition) is 7. The number of rotatable bonds is 5. The maximum atomic E-state index is 12.3. The summed E-state index contributed by atoms with van der Waals surface area (Å²) in [4.78, 5) is 22.4. The van der Waals surface area contributed by atoms with Crippen LogP contribution in [-0.2, 0) is 11.8 Å². The van der Waals surface area contributed by atoms with Crippen molar-refractivity contribution in [2.75, 3.05) is 11.9 Å². The van der Waals surface area contributed by atoms with Gasteiger partial charge < -0.3 is 10.1 Å². The van der Waals surface area contributed by atoms with E-state index in [9.17, 15) is 4.79 Å². The molecule has 144 valence electrons. The average Bonchev–Trinajstić information content (AvgIpc) is 3.16. The monoisotopic (exact) mass is 387 g/mol. The summed E-state index contributed by atoms with van der Waals surface area (Å²) in [7, 11) is 1.90. The Labute approximate surface area is 162 Å². The fraction of sp³-hybridized carbons (Fsp3) is 0.474. The molecule has 0 radical (unpaired) electrons. The predicted octanol–water partition coefficient (Wildman–Crippen LogP) is 4.11. The zero-order valence-corrected chi connectivity index (χ0v) is 17.3. The molecular weight excluding hydrogens is 362 g/mol. The summed E-state index contributed by atoms with van der Waals surface area (Å²) < 4.78 is 6.97. The van der Waals surface area contributed by atoms with Crippen LogP contribution in [0.15, 0.2) is 18.7 Å². The Morgan fingerprint density at radius 3 is 2.70 bits per heavy atom. The number of thiophene rings is 1. The minimum Gasteiger partial charge on any atom is -0.462 e. The number of fused-ring (bicyclic) bond motifs is 1. The van der Waals surface area contributed by atoms with Gasteiger partial charge >= 0.3 is 5.97 Å². The first kappa shape index (κ1) is 19.3. The van der Waals surface area contributed by atoms with E-state index < -0.39 is 0 Å². The molecule has 0 unspecified atom stereocenters. The Morgan fingerprint density at radius 1 is 1.37 bits per heavy atom. The number of hydrogen-bond donors (Lipinski definition) is 1. The molecule has 0 aliphatic carbocycles. The molecule has 8 heteroatoms. The van der Waals surface area contributed by atoms with Crippen LogP contribution in [0.4, 0.5) is 5.82 Å². The van der Waals surface area contributed by atoms with Crippen molar-refractivity contribution >= 4 is 33.3 Å². The first-order valence-corrected chi connectivity index (χ1v) is 9.70. The number of carbonyl (C=O) groups excluding carboxylic acids is 1. The van der Waals surface area contributed by atoms with Crippen LogP contribution in [-0.4, -0.2) is 32.3 Å². The fourth-order valence-electron chi connectivity index (χ4n) is 3.10. The molecule has 0 bridgehead atoms. The second-order valence-electron chi connectivity index (χ2n) is 7.57. The van der Waals surface area contributed by atoms with Gasteiger partial charge in [0.25, 0.3) is 0 Å². The lowest BCUT2D eigenvalue weighted by Crippen LogP contribution is -2.26. The van der Waals surface area contributed by atoms with Crippen LogP contribution in [0.25, 0.3) is 10.2 Å². The van der Waals surface area contributed by atoms with E-state index in [0.717, 1.165) is 21.3 Å². The van der Waals surface area contributed by atoms with Crippen molar-refractivity contribution in [2.45, 2.75) is 40.7 Å². The zero-order valence-electron chi connectivity index (χ0n) is 16.5. The lowest BCUT2D eigenvalue weighted by molar-refractivity contribution is 0.0531. The summed E-state index contributed by atoms with van der Waals surface area (Å²) in [5, 5.41) is 8.74. The van der Waals surface area contributed by atoms with Crippen LogP contribution in [0.5, 0.6) is 0 Å². The smallest absolute Gasteiger partial charge is 0.348 e. The minimum absolute atomic E-state index is 0.00496. The van der Waals surface area contributed by atoms with Gasteiger partial charge in [0.15, 0.2) is 0 Å². The number of aryl methyl sites for hydroxylation is 2. The highest BCUT2D eigenvalue weighted by molar-refractivity contribution is 7.20. The molecule has 0 saturated carbocycles. The number of nitrogens with one attached hydrogen (secondary N) is 1. The third-order valence-electron chi connectivity index (χ3n) is 4.39. The molecule has 27 heavy (non-hydrogen) atoms. The summed E-state index contributed by atoms with van der Waals surface area (Å²) in [5.74, 6) is 0.400. The summed E-state index contributed by atoms with van der Waals surface area (Å²) in [6.45, 7) is 10.6. The zero-order chi connectivity index (χ0) is 19.8. The molecule has 0 aromatic carbocycles. The molecule has 0 spiro atoms. The van der Waals surface area contributed by atoms with Gasteiger partial charge in [-0.1, -0.05) is 20.8 Å². The van der Waals surface area contributed by atoms with E-state index in [2.05, 4.69) is 41.2 Å². The molecule has 0 saturated heterocycles. The second kappa shape index (κ2) is 7.26. The van der Waals surface area contributed by atoms with Gasteiger partial charge in [0.05, 0.1) is 24.2 Å². The molecule has 1 atom stereocenters. The third-order valence-corrected chi connectivity index (χ3v) is 5.57.